The molecule has 1 aliphatic carbocycles. The van der Waals surface area contributed by atoms with E-state index >= 15 is 0 Å². The molecule has 1 fully saturated rings. The van der Waals surface area contributed by atoms with E-state index < -0.39 is 0 Å². The minimum absolute atomic E-state index is 0.0256. The zero-order chi connectivity index (χ0) is 17.4. The zero-order valence-corrected chi connectivity index (χ0v) is 14.5. The first kappa shape index (κ1) is 15.9. The quantitative estimate of drug-likeness (QED) is 0.687. The van der Waals surface area contributed by atoms with Gasteiger partial charge in [-0.1, -0.05) is 23.5 Å². The molecule has 0 unspecified atom stereocenters. The molecule has 0 spiro atoms. The van der Waals surface area contributed by atoms with Crippen molar-refractivity contribution in [1.82, 2.24) is 19.8 Å². The Morgan fingerprint density at radius 3 is 2.92 bits per heavy atom. The van der Waals surface area contributed by atoms with Crippen molar-refractivity contribution in [2.75, 3.05) is 5.32 Å². The van der Waals surface area contributed by atoms with Gasteiger partial charge in [0.25, 0.3) is 0 Å². The number of benzene rings is 1. The van der Waals surface area contributed by atoms with E-state index in [2.05, 4.69) is 20.6 Å². The molecular formula is C17H17N5O2S. The molecule has 1 saturated carbocycles. The first-order valence-electron chi connectivity index (χ1n) is 8.22. The van der Waals surface area contributed by atoms with Gasteiger partial charge in [-0.15, -0.1) is 10.2 Å². The van der Waals surface area contributed by atoms with Crippen LogP contribution in [-0.2, 0) is 11.2 Å². The normalized spacial score (nSPS) is 14.0. The lowest BCUT2D eigenvalue weighted by Gasteiger charge is -2.05. The number of anilines is 1. The van der Waals surface area contributed by atoms with Crippen LogP contribution in [0.1, 0.15) is 53.3 Å². The van der Waals surface area contributed by atoms with Crippen LogP contribution in [-0.4, -0.2) is 31.5 Å². The number of aromatic nitrogens is 4. The summed E-state index contributed by atoms with van der Waals surface area (Å²) in [6.45, 7) is 1.50. The maximum absolute atomic E-state index is 12.2. The lowest BCUT2D eigenvalue weighted by molar-refractivity contribution is -0.116. The van der Waals surface area contributed by atoms with Crippen LogP contribution in [0, 0.1) is 0 Å². The Morgan fingerprint density at radius 2 is 2.16 bits per heavy atom. The Bertz CT molecular complexity index is 957. The van der Waals surface area contributed by atoms with Crippen LogP contribution in [0.5, 0.6) is 0 Å². The summed E-state index contributed by atoms with van der Waals surface area (Å²) in [6, 6.07) is 6.95. The Labute approximate surface area is 148 Å². The zero-order valence-electron chi connectivity index (χ0n) is 13.7. The van der Waals surface area contributed by atoms with E-state index in [4.69, 9.17) is 0 Å². The molecule has 1 N–H and O–H groups in total. The summed E-state index contributed by atoms with van der Waals surface area (Å²) in [5.41, 5.74) is 1.21. The van der Waals surface area contributed by atoms with Crippen LogP contribution in [0.25, 0.3) is 4.96 Å². The molecule has 0 aliphatic heterocycles. The average molecular weight is 355 g/mol. The van der Waals surface area contributed by atoms with E-state index in [0.717, 1.165) is 28.6 Å². The van der Waals surface area contributed by atoms with Crippen molar-refractivity contribution in [1.29, 1.82) is 0 Å². The number of rotatable bonds is 6. The standard InChI is InChI=1S/C17H17N5O2S/c1-10(23)12-3-2-4-13(9-12)18-14(24)7-8-15-21-22-16(11-5-6-11)19-20-17(22)25-15/h2-4,9,11H,5-8H2,1H3,(H,18,24). The van der Waals surface area contributed by atoms with Crippen molar-refractivity contribution >= 4 is 33.7 Å². The van der Waals surface area contributed by atoms with Crippen molar-refractivity contribution < 1.29 is 9.59 Å². The molecular weight excluding hydrogens is 338 g/mol. The minimum Gasteiger partial charge on any atom is -0.326 e. The van der Waals surface area contributed by atoms with E-state index in [0.29, 0.717) is 30.0 Å². The maximum atomic E-state index is 12.2. The van der Waals surface area contributed by atoms with Gasteiger partial charge in [-0.2, -0.15) is 9.61 Å². The summed E-state index contributed by atoms with van der Waals surface area (Å²) >= 11 is 1.47. The molecule has 4 rings (SSSR count). The number of ketones is 1. The fraction of sp³-hybridized carbons (Fsp3) is 0.353. The van der Waals surface area contributed by atoms with Crippen LogP contribution in [0.3, 0.4) is 0 Å². The molecule has 1 amide bonds. The monoisotopic (exact) mass is 355 g/mol. The average Bonchev–Trinajstić information content (AvgIpc) is 3.23. The Hall–Kier alpha value is -2.61. The Morgan fingerprint density at radius 1 is 1.32 bits per heavy atom. The van der Waals surface area contributed by atoms with Crippen LogP contribution < -0.4 is 5.32 Å². The van der Waals surface area contributed by atoms with Crippen molar-refractivity contribution in [2.45, 2.75) is 38.5 Å². The highest BCUT2D eigenvalue weighted by atomic mass is 32.1. The summed E-state index contributed by atoms with van der Waals surface area (Å²) in [5, 5.41) is 16.6. The van der Waals surface area contributed by atoms with E-state index in [9.17, 15) is 9.59 Å². The molecule has 8 heteroatoms. The second kappa shape index (κ2) is 6.36. The first-order chi connectivity index (χ1) is 12.1. The third-order valence-electron chi connectivity index (χ3n) is 4.12. The number of fused-ring (bicyclic) bond motifs is 1. The first-order valence-corrected chi connectivity index (χ1v) is 9.03. The highest BCUT2D eigenvalue weighted by molar-refractivity contribution is 7.16. The second-order valence-electron chi connectivity index (χ2n) is 6.21. The molecule has 3 aromatic rings. The third kappa shape index (κ3) is 3.43. The number of aryl methyl sites for hydroxylation is 1. The predicted octanol–water partition coefficient (Wildman–Crippen LogP) is 2.84. The van der Waals surface area contributed by atoms with Crippen molar-refractivity contribution in [3.8, 4) is 0 Å². The molecule has 2 aromatic heterocycles. The smallest absolute Gasteiger partial charge is 0.234 e. The summed E-state index contributed by atoms with van der Waals surface area (Å²) in [4.78, 5) is 24.3. The van der Waals surface area contributed by atoms with Gasteiger partial charge >= 0.3 is 0 Å². The Kier molecular flexibility index (Phi) is 4.04. The number of amides is 1. The topological polar surface area (TPSA) is 89.2 Å². The van der Waals surface area contributed by atoms with E-state index in [-0.39, 0.29) is 11.7 Å². The molecule has 7 nitrogen and oxygen atoms in total. The third-order valence-corrected chi connectivity index (χ3v) is 5.08. The van der Waals surface area contributed by atoms with Gasteiger partial charge in [0.15, 0.2) is 11.6 Å². The molecule has 1 aromatic carbocycles. The number of carbonyl (C=O) groups excluding carboxylic acids is 2. The van der Waals surface area contributed by atoms with Gasteiger partial charge in [0.1, 0.15) is 5.01 Å². The fourth-order valence-electron chi connectivity index (χ4n) is 2.63. The summed E-state index contributed by atoms with van der Waals surface area (Å²) in [5.74, 6) is 1.29. The van der Waals surface area contributed by atoms with E-state index in [1.807, 2.05) is 4.52 Å². The molecule has 1 aliphatic rings. The second-order valence-corrected chi connectivity index (χ2v) is 7.25. The number of hydrogen-bond acceptors (Lipinski definition) is 6. The molecule has 0 saturated heterocycles. The van der Waals surface area contributed by atoms with Crippen molar-refractivity contribution in [3.05, 3.63) is 40.7 Å². The summed E-state index contributed by atoms with van der Waals surface area (Å²) in [7, 11) is 0. The van der Waals surface area contributed by atoms with Crippen molar-refractivity contribution in [2.24, 2.45) is 0 Å². The fourth-order valence-corrected chi connectivity index (χ4v) is 3.47. The Balaban J connectivity index is 1.38. The molecule has 0 atom stereocenters. The SMILES string of the molecule is CC(=O)c1cccc(NC(=O)CCc2nn3c(C4CC4)nnc3s2)c1. The highest BCUT2D eigenvalue weighted by Gasteiger charge is 2.30. The van der Waals surface area contributed by atoms with Crippen LogP contribution in [0.4, 0.5) is 5.69 Å². The van der Waals surface area contributed by atoms with Crippen molar-refractivity contribution in [3.63, 3.8) is 0 Å². The van der Waals surface area contributed by atoms with E-state index in [1.165, 1.54) is 18.3 Å². The molecule has 0 bridgehead atoms. The molecule has 2 heterocycles. The van der Waals surface area contributed by atoms with Crippen LogP contribution in [0.2, 0.25) is 0 Å². The minimum atomic E-state index is -0.103. The highest BCUT2D eigenvalue weighted by Crippen LogP contribution is 2.39. The number of Topliss-reactive ketones (excluding diaryl/α,β-unsaturated/α-hetero) is 1. The van der Waals surface area contributed by atoms with Gasteiger partial charge in [0, 0.05) is 30.0 Å². The maximum Gasteiger partial charge on any atom is 0.234 e. The van der Waals surface area contributed by atoms with Gasteiger partial charge in [0.05, 0.1) is 0 Å². The largest absolute Gasteiger partial charge is 0.326 e. The molecule has 128 valence electrons. The lowest BCUT2D eigenvalue weighted by Crippen LogP contribution is -2.12. The number of nitrogens with zero attached hydrogens (tertiary/aromatic N) is 4. The van der Waals surface area contributed by atoms with Crippen LogP contribution in [0.15, 0.2) is 24.3 Å². The predicted molar refractivity (Wildman–Crippen MR) is 94.0 cm³/mol. The number of hydrogen-bond donors (Lipinski definition) is 1. The number of nitrogens with one attached hydrogen (secondary N) is 1. The van der Waals surface area contributed by atoms with Gasteiger partial charge in [-0.3, -0.25) is 9.59 Å². The van der Waals surface area contributed by atoms with Gasteiger partial charge in [-0.25, -0.2) is 0 Å². The molecule has 25 heavy (non-hydrogen) atoms. The van der Waals surface area contributed by atoms with Gasteiger partial charge in [-0.05, 0) is 31.9 Å². The van der Waals surface area contributed by atoms with E-state index in [1.54, 1.807) is 24.3 Å². The van der Waals surface area contributed by atoms with Crippen LogP contribution >= 0.6 is 11.3 Å². The van der Waals surface area contributed by atoms with Gasteiger partial charge in [0.2, 0.25) is 10.9 Å². The molecule has 0 radical (unpaired) electrons. The summed E-state index contributed by atoms with van der Waals surface area (Å²) in [6.07, 6.45) is 3.17. The van der Waals surface area contributed by atoms with Gasteiger partial charge < -0.3 is 5.32 Å². The number of carbonyl (C=O) groups is 2. The summed E-state index contributed by atoms with van der Waals surface area (Å²) < 4.78 is 1.81. The lowest BCUT2D eigenvalue weighted by atomic mass is 10.1.